The molecule has 0 radical (unpaired) electrons. The maximum Gasteiger partial charge on any atom is 0.0221 e. The van der Waals surface area contributed by atoms with E-state index in [0.717, 1.165) is 18.0 Å². The maximum atomic E-state index is 3.63. The lowest BCUT2D eigenvalue weighted by Gasteiger charge is -2.37. The van der Waals surface area contributed by atoms with Gasteiger partial charge in [-0.15, -0.1) is 0 Å². The van der Waals surface area contributed by atoms with Crippen molar-refractivity contribution < 1.29 is 0 Å². The first kappa shape index (κ1) is 12.3. The molecule has 2 saturated heterocycles. The van der Waals surface area contributed by atoms with Gasteiger partial charge < -0.3 is 15.1 Å². The van der Waals surface area contributed by atoms with E-state index in [1.807, 2.05) is 0 Å². The summed E-state index contributed by atoms with van der Waals surface area (Å²) in [5.74, 6) is 0.851. The second kappa shape index (κ2) is 5.48. The summed E-state index contributed by atoms with van der Waals surface area (Å²) in [6.45, 7) is 7.34. The average Bonchev–Trinajstić information content (AvgIpc) is 2.64. The normalized spacial score (nSPS) is 37.1. The fourth-order valence-electron chi connectivity index (χ4n) is 3.10. The third-order valence-corrected chi connectivity index (χ3v) is 4.40. The monoisotopic (exact) mass is 225 g/mol. The molecule has 94 valence electrons. The van der Waals surface area contributed by atoms with Gasteiger partial charge in [-0.2, -0.15) is 0 Å². The van der Waals surface area contributed by atoms with Crippen LogP contribution in [0.15, 0.2) is 0 Å². The Balaban J connectivity index is 1.80. The first-order valence-corrected chi connectivity index (χ1v) is 6.79. The van der Waals surface area contributed by atoms with Crippen LogP contribution >= 0.6 is 0 Å². The highest BCUT2D eigenvalue weighted by Crippen LogP contribution is 2.18. The van der Waals surface area contributed by atoms with Gasteiger partial charge >= 0.3 is 0 Å². The van der Waals surface area contributed by atoms with Crippen molar-refractivity contribution in [2.45, 2.75) is 38.3 Å². The fraction of sp³-hybridized carbons (Fsp3) is 1.00. The lowest BCUT2D eigenvalue weighted by Crippen LogP contribution is -2.49. The summed E-state index contributed by atoms with van der Waals surface area (Å²) in [6, 6.07) is 1.49. The largest absolute Gasteiger partial charge is 0.312 e. The molecule has 1 N–H and O–H groups in total. The van der Waals surface area contributed by atoms with Crippen LogP contribution in [-0.4, -0.2) is 62.2 Å². The van der Waals surface area contributed by atoms with Crippen LogP contribution in [0.4, 0.5) is 0 Å². The topological polar surface area (TPSA) is 18.5 Å². The SMILES string of the molecule is CC1CCNC1CN(C)C1CCCN(C)C1. The van der Waals surface area contributed by atoms with Gasteiger partial charge in [-0.1, -0.05) is 6.92 Å². The molecule has 0 aromatic rings. The van der Waals surface area contributed by atoms with Crippen molar-refractivity contribution in [2.75, 3.05) is 40.3 Å². The number of piperidine rings is 1. The van der Waals surface area contributed by atoms with Crippen LogP contribution in [0.2, 0.25) is 0 Å². The second-order valence-electron chi connectivity index (χ2n) is 5.82. The van der Waals surface area contributed by atoms with Gasteiger partial charge in [0.15, 0.2) is 0 Å². The van der Waals surface area contributed by atoms with Crippen LogP contribution in [0, 0.1) is 5.92 Å². The first-order chi connectivity index (χ1) is 7.66. The second-order valence-corrected chi connectivity index (χ2v) is 5.82. The minimum Gasteiger partial charge on any atom is -0.312 e. The Morgan fingerprint density at radius 1 is 1.38 bits per heavy atom. The quantitative estimate of drug-likeness (QED) is 0.773. The molecule has 2 rings (SSSR count). The number of likely N-dealkylation sites (tertiary alicyclic amines) is 1. The number of likely N-dealkylation sites (N-methyl/N-ethyl adjacent to an activating group) is 2. The summed E-state index contributed by atoms with van der Waals surface area (Å²) in [4.78, 5) is 5.05. The van der Waals surface area contributed by atoms with Crippen LogP contribution in [0.1, 0.15) is 26.2 Å². The number of rotatable bonds is 3. The number of hydrogen-bond donors (Lipinski definition) is 1. The van der Waals surface area contributed by atoms with Gasteiger partial charge in [-0.05, 0) is 52.4 Å². The molecule has 3 nitrogen and oxygen atoms in total. The third kappa shape index (κ3) is 2.96. The van der Waals surface area contributed by atoms with Gasteiger partial charge in [0, 0.05) is 25.2 Å². The molecule has 2 aliphatic rings. The van der Waals surface area contributed by atoms with Gasteiger partial charge in [-0.3, -0.25) is 0 Å². The molecule has 0 aromatic carbocycles. The van der Waals surface area contributed by atoms with Gasteiger partial charge in [-0.25, -0.2) is 0 Å². The van der Waals surface area contributed by atoms with E-state index in [1.165, 1.54) is 45.4 Å². The van der Waals surface area contributed by atoms with Crippen molar-refractivity contribution in [2.24, 2.45) is 5.92 Å². The molecule has 2 aliphatic heterocycles. The standard InChI is InChI=1S/C13H27N3/c1-11-6-7-14-13(11)10-16(3)12-5-4-8-15(2)9-12/h11-14H,4-10H2,1-3H3. The van der Waals surface area contributed by atoms with Crippen molar-refractivity contribution in [3.05, 3.63) is 0 Å². The van der Waals surface area contributed by atoms with Crippen molar-refractivity contribution in [1.29, 1.82) is 0 Å². The molecule has 0 bridgehead atoms. The predicted octanol–water partition coefficient (Wildman–Crippen LogP) is 1.01. The van der Waals surface area contributed by atoms with Gasteiger partial charge in [0.05, 0.1) is 0 Å². The van der Waals surface area contributed by atoms with Crippen LogP contribution in [0.3, 0.4) is 0 Å². The van der Waals surface area contributed by atoms with Crippen LogP contribution in [-0.2, 0) is 0 Å². The number of nitrogens with zero attached hydrogens (tertiary/aromatic N) is 2. The van der Waals surface area contributed by atoms with E-state index in [-0.39, 0.29) is 0 Å². The van der Waals surface area contributed by atoms with Crippen LogP contribution in [0.5, 0.6) is 0 Å². The van der Waals surface area contributed by atoms with E-state index in [9.17, 15) is 0 Å². The molecule has 16 heavy (non-hydrogen) atoms. The van der Waals surface area contributed by atoms with Crippen molar-refractivity contribution in [1.82, 2.24) is 15.1 Å². The highest BCUT2D eigenvalue weighted by Gasteiger charge is 2.27. The minimum atomic E-state index is 0.720. The van der Waals surface area contributed by atoms with Gasteiger partial charge in [0.2, 0.25) is 0 Å². The van der Waals surface area contributed by atoms with E-state index >= 15 is 0 Å². The Morgan fingerprint density at radius 2 is 2.19 bits per heavy atom. The molecule has 0 spiro atoms. The Morgan fingerprint density at radius 3 is 2.81 bits per heavy atom. The predicted molar refractivity (Wildman–Crippen MR) is 68.7 cm³/mol. The molecule has 0 aliphatic carbocycles. The minimum absolute atomic E-state index is 0.720. The molecular formula is C13H27N3. The average molecular weight is 225 g/mol. The molecule has 3 atom stereocenters. The molecule has 0 amide bonds. The van der Waals surface area contributed by atoms with Crippen LogP contribution in [0.25, 0.3) is 0 Å². The number of nitrogens with one attached hydrogen (secondary N) is 1. The molecule has 3 unspecified atom stereocenters. The zero-order chi connectivity index (χ0) is 11.5. The van der Waals surface area contributed by atoms with Crippen molar-refractivity contribution in [3.63, 3.8) is 0 Å². The summed E-state index contributed by atoms with van der Waals surface area (Å²) in [5.41, 5.74) is 0. The van der Waals surface area contributed by atoms with E-state index in [2.05, 4.69) is 36.1 Å². The third-order valence-electron chi connectivity index (χ3n) is 4.40. The molecule has 2 heterocycles. The van der Waals surface area contributed by atoms with Gasteiger partial charge in [0.25, 0.3) is 0 Å². The van der Waals surface area contributed by atoms with E-state index in [4.69, 9.17) is 0 Å². The Labute approximate surface area is 100 Å². The summed E-state index contributed by atoms with van der Waals surface area (Å²) in [7, 11) is 4.55. The van der Waals surface area contributed by atoms with E-state index in [0.29, 0.717) is 0 Å². The first-order valence-electron chi connectivity index (χ1n) is 6.79. The van der Waals surface area contributed by atoms with Crippen LogP contribution < -0.4 is 5.32 Å². The van der Waals surface area contributed by atoms with E-state index < -0.39 is 0 Å². The highest BCUT2D eigenvalue weighted by atomic mass is 15.2. The smallest absolute Gasteiger partial charge is 0.0221 e. The molecular weight excluding hydrogens is 198 g/mol. The Hall–Kier alpha value is -0.120. The maximum absolute atomic E-state index is 3.63. The van der Waals surface area contributed by atoms with E-state index in [1.54, 1.807) is 0 Å². The summed E-state index contributed by atoms with van der Waals surface area (Å²) < 4.78 is 0. The lowest BCUT2D eigenvalue weighted by atomic mass is 10.0. The Kier molecular flexibility index (Phi) is 4.22. The van der Waals surface area contributed by atoms with Crippen molar-refractivity contribution in [3.8, 4) is 0 Å². The number of hydrogen-bond acceptors (Lipinski definition) is 3. The molecule has 0 aromatic heterocycles. The zero-order valence-electron chi connectivity index (χ0n) is 11.1. The Bertz CT molecular complexity index is 219. The summed E-state index contributed by atoms with van der Waals surface area (Å²) in [6.07, 6.45) is 4.09. The fourth-order valence-corrected chi connectivity index (χ4v) is 3.10. The summed E-state index contributed by atoms with van der Waals surface area (Å²) >= 11 is 0. The zero-order valence-corrected chi connectivity index (χ0v) is 11.1. The highest BCUT2D eigenvalue weighted by molar-refractivity contribution is 4.86. The van der Waals surface area contributed by atoms with Gasteiger partial charge in [0.1, 0.15) is 0 Å². The molecule has 2 fully saturated rings. The molecule has 3 heteroatoms. The summed E-state index contributed by atoms with van der Waals surface area (Å²) in [5, 5.41) is 3.63. The molecule has 0 saturated carbocycles. The lowest BCUT2D eigenvalue weighted by molar-refractivity contribution is 0.123. The van der Waals surface area contributed by atoms with Crippen molar-refractivity contribution >= 4 is 0 Å².